The Hall–Kier alpha value is -0.0800. The number of nitrogens with zero attached hydrogens (tertiary/aromatic N) is 1. The summed E-state index contributed by atoms with van der Waals surface area (Å²) in [6.45, 7) is 9.49. The normalized spacial score (nSPS) is 21.0. The molecule has 0 saturated carbocycles. The molecule has 1 saturated heterocycles. The van der Waals surface area contributed by atoms with Crippen LogP contribution in [0.25, 0.3) is 0 Å². The lowest BCUT2D eigenvalue weighted by atomic mass is 10.0. The molecule has 0 aromatic rings. The highest BCUT2D eigenvalue weighted by Crippen LogP contribution is 2.13. The van der Waals surface area contributed by atoms with E-state index in [2.05, 4.69) is 24.1 Å². The second kappa shape index (κ2) is 7.24. The molecule has 0 radical (unpaired) electrons. The van der Waals surface area contributed by atoms with Crippen molar-refractivity contribution in [1.29, 1.82) is 0 Å². The van der Waals surface area contributed by atoms with Crippen molar-refractivity contribution in [2.75, 3.05) is 26.2 Å². The molecule has 2 nitrogen and oxygen atoms in total. The third kappa shape index (κ3) is 3.97. The molecular weight excluding hydrogens is 172 g/mol. The Balaban J connectivity index is 2.21. The van der Waals surface area contributed by atoms with Crippen LogP contribution in [0.3, 0.4) is 0 Å². The molecule has 1 N–H and O–H groups in total. The van der Waals surface area contributed by atoms with E-state index >= 15 is 0 Å². The smallest absolute Gasteiger partial charge is 0.0110 e. The van der Waals surface area contributed by atoms with E-state index in [9.17, 15) is 0 Å². The van der Waals surface area contributed by atoms with E-state index in [0.717, 1.165) is 6.04 Å². The molecule has 0 aromatic carbocycles. The molecule has 0 spiro atoms. The summed E-state index contributed by atoms with van der Waals surface area (Å²) in [5, 5.41) is 3.42. The van der Waals surface area contributed by atoms with Gasteiger partial charge < -0.3 is 5.32 Å². The van der Waals surface area contributed by atoms with E-state index in [4.69, 9.17) is 0 Å². The van der Waals surface area contributed by atoms with Crippen LogP contribution in [0.4, 0.5) is 0 Å². The van der Waals surface area contributed by atoms with Crippen molar-refractivity contribution in [3.63, 3.8) is 0 Å². The van der Waals surface area contributed by atoms with Gasteiger partial charge in [-0.3, -0.25) is 4.90 Å². The van der Waals surface area contributed by atoms with Gasteiger partial charge in [0.25, 0.3) is 0 Å². The Labute approximate surface area is 89.1 Å². The molecule has 1 rings (SSSR count). The van der Waals surface area contributed by atoms with Crippen LogP contribution in [-0.2, 0) is 0 Å². The molecule has 1 heterocycles. The van der Waals surface area contributed by atoms with Crippen LogP contribution in [0.5, 0.6) is 0 Å². The molecule has 84 valence electrons. The molecule has 0 bridgehead atoms. The zero-order valence-electron chi connectivity index (χ0n) is 9.89. The Kier molecular flexibility index (Phi) is 6.20. The van der Waals surface area contributed by atoms with Crippen LogP contribution in [-0.4, -0.2) is 37.1 Å². The number of piperazine rings is 1. The third-order valence-corrected chi connectivity index (χ3v) is 3.28. The second-order valence-corrected chi connectivity index (χ2v) is 4.34. The van der Waals surface area contributed by atoms with E-state index in [1.54, 1.807) is 0 Å². The summed E-state index contributed by atoms with van der Waals surface area (Å²) in [5.74, 6) is 0. The number of unbranched alkanes of at least 4 members (excludes halogenated alkanes) is 2. The van der Waals surface area contributed by atoms with Gasteiger partial charge in [-0.2, -0.15) is 0 Å². The zero-order chi connectivity index (χ0) is 10.2. The fourth-order valence-corrected chi connectivity index (χ4v) is 2.32. The largest absolute Gasteiger partial charge is 0.314 e. The SMILES string of the molecule is CCCCCC(CC)N1CCNCC1. The van der Waals surface area contributed by atoms with Crippen molar-refractivity contribution >= 4 is 0 Å². The minimum absolute atomic E-state index is 0.851. The van der Waals surface area contributed by atoms with Gasteiger partial charge in [-0.25, -0.2) is 0 Å². The lowest BCUT2D eigenvalue weighted by molar-refractivity contribution is 0.158. The van der Waals surface area contributed by atoms with Crippen LogP contribution in [0.15, 0.2) is 0 Å². The maximum atomic E-state index is 3.42. The van der Waals surface area contributed by atoms with Gasteiger partial charge in [-0.1, -0.05) is 33.1 Å². The molecule has 1 unspecified atom stereocenters. The Morgan fingerprint density at radius 3 is 2.43 bits per heavy atom. The summed E-state index contributed by atoms with van der Waals surface area (Å²) >= 11 is 0. The molecule has 0 amide bonds. The summed E-state index contributed by atoms with van der Waals surface area (Å²) in [6, 6.07) is 0.851. The van der Waals surface area contributed by atoms with Crippen molar-refractivity contribution in [2.24, 2.45) is 0 Å². The second-order valence-electron chi connectivity index (χ2n) is 4.34. The van der Waals surface area contributed by atoms with Crippen LogP contribution in [0.1, 0.15) is 46.0 Å². The van der Waals surface area contributed by atoms with E-state index in [1.165, 1.54) is 58.3 Å². The van der Waals surface area contributed by atoms with Crippen molar-refractivity contribution in [3.8, 4) is 0 Å². The predicted octanol–water partition coefficient (Wildman–Crippen LogP) is 2.25. The Morgan fingerprint density at radius 2 is 1.86 bits per heavy atom. The summed E-state index contributed by atoms with van der Waals surface area (Å²) in [6.07, 6.45) is 6.90. The first-order chi connectivity index (χ1) is 6.88. The highest BCUT2D eigenvalue weighted by Gasteiger charge is 2.17. The summed E-state index contributed by atoms with van der Waals surface area (Å²) < 4.78 is 0. The van der Waals surface area contributed by atoms with Crippen molar-refractivity contribution in [3.05, 3.63) is 0 Å². The van der Waals surface area contributed by atoms with Crippen molar-refractivity contribution in [2.45, 2.75) is 52.0 Å². The molecule has 1 aliphatic heterocycles. The van der Waals surface area contributed by atoms with Gasteiger partial charge in [0.1, 0.15) is 0 Å². The molecule has 0 aromatic heterocycles. The summed E-state index contributed by atoms with van der Waals surface area (Å²) in [4.78, 5) is 2.67. The highest BCUT2D eigenvalue weighted by atomic mass is 15.2. The zero-order valence-corrected chi connectivity index (χ0v) is 9.89. The maximum Gasteiger partial charge on any atom is 0.0110 e. The highest BCUT2D eigenvalue weighted by molar-refractivity contribution is 4.75. The fraction of sp³-hybridized carbons (Fsp3) is 1.00. The van der Waals surface area contributed by atoms with Gasteiger partial charge in [-0.15, -0.1) is 0 Å². The van der Waals surface area contributed by atoms with Gasteiger partial charge in [0, 0.05) is 32.2 Å². The van der Waals surface area contributed by atoms with E-state index < -0.39 is 0 Å². The van der Waals surface area contributed by atoms with Crippen LogP contribution < -0.4 is 5.32 Å². The molecule has 0 aliphatic carbocycles. The van der Waals surface area contributed by atoms with Crippen LogP contribution in [0, 0.1) is 0 Å². The standard InChI is InChI=1S/C12H26N2/c1-3-5-6-7-12(4-2)14-10-8-13-9-11-14/h12-13H,3-11H2,1-2H3. The first kappa shape index (κ1) is 12.0. The first-order valence-corrected chi connectivity index (χ1v) is 6.33. The number of nitrogens with one attached hydrogen (secondary N) is 1. The minimum atomic E-state index is 0.851. The lowest BCUT2D eigenvalue weighted by Gasteiger charge is -2.34. The fourth-order valence-electron chi connectivity index (χ4n) is 2.32. The predicted molar refractivity (Wildman–Crippen MR) is 62.7 cm³/mol. The molecular formula is C12H26N2. The minimum Gasteiger partial charge on any atom is -0.314 e. The van der Waals surface area contributed by atoms with Crippen LogP contribution >= 0.6 is 0 Å². The van der Waals surface area contributed by atoms with E-state index in [1.807, 2.05) is 0 Å². The third-order valence-electron chi connectivity index (χ3n) is 3.28. The Morgan fingerprint density at radius 1 is 1.14 bits per heavy atom. The summed E-state index contributed by atoms with van der Waals surface area (Å²) in [5.41, 5.74) is 0. The van der Waals surface area contributed by atoms with Gasteiger partial charge in [0.05, 0.1) is 0 Å². The molecule has 1 aliphatic rings. The van der Waals surface area contributed by atoms with Gasteiger partial charge in [-0.05, 0) is 12.8 Å². The lowest BCUT2D eigenvalue weighted by Crippen LogP contribution is -2.48. The van der Waals surface area contributed by atoms with Gasteiger partial charge >= 0.3 is 0 Å². The average Bonchev–Trinajstić information content (AvgIpc) is 2.26. The monoisotopic (exact) mass is 198 g/mol. The first-order valence-electron chi connectivity index (χ1n) is 6.33. The molecule has 1 atom stereocenters. The average molecular weight is 198 g/mol. The van der Waals surface area contributed by atoms with Crippen LogP contribution in [0.2, 0.25) is 0 Å². The summed E-state index contributed by atoms with van der Waals surface area (Å²) in [7, 11) is 0. The number of hydrogen-bond acceptors (Lipinski definition) is 2. The molecule has 1 fully saturated rings. The topological polar surface area (TPSA) is 15.3 Å². The van der Waals surface area contributed by atoms with E-state index in [-0.39, 0.29) is 0 Å². The molecule has 14 heavy (non-hydrogen) atoms. The van der Waals surface area contributed by atoms with Crippen molar-refractivity contribution < 1.29 is 0 Å². The van der Waals surface area contributed by atoms with Gasteiger partial charge in [0.2, 0.25) is 0 Å². The number of rotatable bonds is 6. The number of hydrogen-bond donors (Lipinski definition) is 1. The molecule has 2 heteroatoms. The van der Waals surface area contributed by atoms with Gasteiger partial charge in [0.15, 0.2) is 0 Å². The maximum absolute atomic E-state index is 3.42. The Bertz CT molecular complexity index is 130. The van der Waals surface area contributed by atoms with Crippen molar-refractivity contribution in [1.82, 2.24) is 10.2 Å². The quantitative estimate of drug-likeness (QED) is 0.659. The van der Waals surface area contributed by atoms with E-state index in [0.29, 0.717) is 0 Å².